The summed E-state index contributed by atoms with van der Waals surface area (Å²) in [6.45, 7) is 6.20. The van der Waals surface area contributed by atoms with Crippen LogP contribution in [-0.4, -0.2) is 73.5 Å². The van der Waals surface area contributed by atoms with Crippen molar-refractivity contribution in [2.24, 2.45) is 17.5 Å². The highest BCUT2D eigenvalue weighted by Gasteiger charge is 2.46. The number of allylic oxidation sites excluding steroid dienone is 1. The number of hydrogen-bond acceptors (Lipinski definition) is 8. The lowest BCUT2D eigenvalue weighted by molar-refractivity contribution is -0.0160. The van der Waals surface area contributed by atoms with Gasteiger partial charge in [-0.05, 0) is 44.5 Å². The molecule has 3 fully saturated rings. The van der Waals surface area contributed by atoms with E-state index in [2.05, 4.69) is 81.0 Å². The Labute approximate surface area is 250 Å². The van der Waals surface area contributed by atoms with Crippen LogP contribution in [-0.2, 0) is 11.8 Å². The topological polar surface area (TPSA) is 99.9 Å². The van der Waals surface area contributed by atoms with E-state index < -0.39 is 0 Å². The van der Waals surface area contributed by atoms with E-state index in [4.69, 9.17) is 9.72 Å². The Bertz CT molecular complexity index is 1850. The molecule has 216 valence electrons. The van der Waals surface area contributed by atoms with Crippen LogP contribution in [0, 0.1) is 28.6 Å². The summed E-state index contributed by atoms with van der Waals surface area (Å²) in [7, 11) is 3.56. The molecule has 43 heavy (non-hydrogen) atoms. The van der Waals surface area contributed by atoms with Gasteiger partial charge in [-0.25, -0.2) is 14.5 Å². The van der Waals surface area contributed by atoms with Crippen LogP contribution < -0.4 is 4.90 Å². The molecule has 8 rings (SSSR count). The molecule has 10 heteroatoms. The first-order chi connectivity index (χ1) is 20.8. The van der Waals surface area contributed by atoms with Crippen LogP contribution >= 0.6 is 0 Å². The highest BCUT2D eigenvalue weighted by molar-refractivity contribution is 5.87. The first kappa shape index (κ1) is 26.9. The van der Waals surface area contributed by atoms with Crippen molar-refractivity contribution < 1.29 is 4.74 Å². The van der Waals surface area contributed by atoms with E-state index in [1.54, 1.807) is 28.7 Å². The first-order valence-electron chi connectivity index (χ1n) is 14.5. The molecule has 0 aliphatic carbocycles. The monoisotopic (exact) mass is 571 g/mol. The van der Waals surface area contributed by atoms with Gasteiger partial charge in [0, 0.05) is 85.7 Å². The Morgan fingerprint density at radius 3 is 2.60 bits per heavy atom. The molecule has 0 amide bonds. The van der Waals surface area contributed by atoms with Crippen molar-refractivity contribution in [3.8, 4) is 40.2 Å². The van der Waals surface area contributed by atoms with E-state index in [1.165, 1.54) is 6.42 Å². The number of nitriles is 1. The van der Waals surface area contributed by atoms with Gasteiger partial charge >= 0.3 is 0 Å². The number of ether oxygens (including phenoxy) is 1. The molecule has 0 spiro atoms. The predicted octanol–water partition coefficient (Wildman–Crippen LogP) is 4.29. The van der Waals surface area contributed by atoms with E-state index in [-0.39, 0.29) is 11.5 Å². The van der Waals surface area contributed by atoms with E-state index in [1.807, 2.05) is 31.8 Å². The fourth-order valence-corrected chi connectivity index (χ4v) is 6.60. The Balaban J connectivity index is 1.09. The second-order valence-electron chi connectivity index (χ2n) is 11.9. The molecule has 2 bridgehead atoms. The van der Waals surface area contributed by atoms with Gasteiger partial charge in [0.1, 0.15) is 11.9 Å². The van der Waals surface area contributed by atoms with Crippen LogP contribution in [0.15, 0.2) is 66.5 Å². The number of anilines is 1. The maximum absolute atomic E-state index is 9.76. The van der Waals surface area contributed by atoms with Gasteiger partial charge in [0.2, 0.25) is 0 Å². The zero-order chi connectivity index (χ0) is 29.7. The average molecular weight is 572 g/mol. The highest BCUT2D eigenvalue weighted by atomic mass is 16.5. The minimum absolute atomic E-state index is 0.177. The van der Waals surface area contributed by atoms with Crippen molar-refractivity contribution in [3.63, 3.8) is 0 Å². The third kappa shape index (κ3) is 4.84. The molecule has 4 aliphatic rings. The normalized spacial score (nSPS) is 23.6. The minimum atomic E-state index is -0.257. The molecule has 4 aromatic heterocycles. The molecular formula is C33H33N9O. The largest absolute Gasteiger partial charge is 0.484 e. The average Bonchev–Trinajstić information content (AvgIpc) is 3.65. The number of pyridine rings is 2. The zero-order valence-corrected chi connectivity index (χ0v) is 24.8. The molecule has 10 nitrogen and oxygen atoms in total. The van der Waals surface area contributed by atoms with Crippen LogP contribution in [0.1, 0.15) is 32.3 Å². The molecule has 0 saturated carbocycles. The van der Waals surface area contributed by atoms with E-state index >= 15 is 0 Å². The van der Waals surface area contributed by atoms with Gasteiger partial charge < -0.3 is 9.64 Å². The summed E-state index contributed by atoms with van der Waals surface area (Å²) in [5, 5.41) is 18.5. The lowest BCUT2D eigenvalue weighted by Crippen LogP contribution is -2.70. The number of rotatable bonds is 4. The predicted molar refractivity (Wildman–Crippen MR) is 165 cm³/mol. The number of aliphatic imine (C=N–C) groups is 1. The highest BCUT2D eigenvalue weighted by Crippen LogP contribution is 2.37. The van der Waals surface area contributed by atoms with Crippen LogP contribution in [0.3, 0.4) is 0 Å². The molecule has 0 aromatic carbocycles. The fourth-order valence-electron chi connectivity index (χ4n) is 6.60. The number of piperazine rings is 1. The number of piperidine rings is 1. The smallest absolute Gasteiger partial charge is 0.189 e. The van der Waals surface area contributed by atoms with Gasteiger partial charge in [-0.3, -0.25) is 9.58 Å². The van der Waals surface area contributed by atoms with Crippen LogP contribution in [0.2, 0.25) is 0 Å². The summed E-state index contributed by atoms with van der Waals surface area (Å²) in [6.07, 6.45) is 15.0. The second-order valence-corrected chi connectivity index (χ2v) is 11.9. The second kappa shape index (κ2) is 10.4. The van der Waals surface area contributed by atoms with Crippen LogP contribution in [0.25, 0.3) is 27.8 Å². The number of aromatic nitrogens is 5. The lowest BCUT2D eigenvalue weighted by atomic mass is 9.84. The standard InChI is InChI=1S/C33H33N9O/c1-22(7-8-33(2)9-10-35-31(13-33)43-4)42-27-12-28(42)21-40(20-27)30-6-5-23(15-36-30)29-11-24(26-17-37-39(3)18-26)19-41-32(29)25(14-34)16-38-41/h5-6,9-11,15-19,22,27-28H,12-13,20-21H2,1-4H3. The molecule has 4 aliphatic heterocycles. The van der Waals surface area contributed by atoms with Crippen LogP contribution in [0.5, 0.6) is 0 Å². The van der Waals surface area contributed by atoms with Crippen molar-refractivity contribution in [3.05, 3.63) is 67.0 Å². The van der Waals surface area contributed by atoms with E-state index in [0.717, 1.165) is 52.6 Å². The number of aryl methyl sites for hydroxylation is 1. The van der Waals surface area contributed by atoms with Crippen LogP contribution in [0.4, 0.5) is 5.82 Å². The molecule has 4 aromatic rings. The molecule has 0 radical (unpaired) electrons. The van der Waals surface area contributed by atoms with Gasteiger partial charge in [0.25, 0.3) is 0 Å². The summed E-state index contributed by atoms with van der Waals surface area (Å²) in [6, 6.07) is 9.65. The summed E-state index contributed by atoms with van der Waals surface area (Å²) in [5.41, 5.74) is 4.87. The first-order valence-corrected chi connectivity index (χ1v) is 14.5. The van der Waals surface area contributed by atoms with Crippen molar-refractivity contribution in [2.45, 2.75) is 44.8 Å². The van der Waals surface area contributed by atoms with Gasteiger partial charge in [0.15, 0.2) is 5.90 Å². The summed E-state index contributed by atoms with van der Waals surface area (Å²) < 4.78 is 8.91. The minimum Gasteiger partial charge on any atom is -0.484 e. The number of methoxy groups -OCH3 is 1. The van der Waals surface area contributed by atoms with Crippen molar-refractivity contribution in [1.82, 2.24) is 29.3 Å². The summed E-state index contributed by atoms with van der Waals surface area (Å²) >= 11 is 0. The maximum atomic E-state index is 9.76. The maximum Gasteiger partial charge on any atom is 0.189 e. The SMILES string of the molecule is COC1=NC=CC(C)(C#CC(C)N2C3CC2CN(c2ccc(-c4cc(-c5cnn(C)c5)cn5ncc(C#N)c45)cn2)C3)C1. The fraction of sp³-hybridized carbons (Fsp3) is 0.364. The molecule has 4 unspecified atom stereocenters. The zero-order valence-electron chi connectivity index (χ0n) is 24.8. The van der Waals surface area contributed by atoms with Gasteiger partial charge in [0.05, 0.1) is 42.0 Å². The van der Waals surface area contributed by atoms with E-state index in [0.29, 0.717) is 24.1 Å². The van der Waals surface area contributed by atoms with E-state index in [9.17, 15) is 5.26 Å². The van der Waals surface area contributed by atoms with Gasteiger partial charge in [-0.2, -0.15) is 15.5 Å². The summed E-state index contributed by atoms with van der Waals surface area (Å²) in [5.74, 6) is 8.73. The Kier molecular flexibility index (Phi) is 6.52. The Morgan fingerprint density at radius 1 is 1.07 bits per heavy atom. The number of hydrogen-bond donors (Lipinski definition) is 0. The lowest BCUT2D eigenvalue weighted by Gasteiger charge is -2.58. The third-order valence-corrected chi connectivity index (χ3v) is 8.83. The van der Waals surface area contributed by atoms with Crippen molar-refractivity contribution in [1.29, 1.82) is 5.26 Å². The van der Waals surface area contributed by atoms with Crippen molar-refractivity contribution >= 4 is 17.2 Å². The molecule has 8 heterocycles. The number of fused-ring (bicyclic) bond motifs is 3. The Morgan fingerprint density at radius 2 is 1.91 bits per heavy atom. The molecule has 4 atom stereocenters. The molecule has 0 N–H and O–H groups in total. The number of nitrogens with zero attached hydrogens (tertiary/aromatic N) is 9. The Hall–Kier alpha value is -4.93. The van der Waals surface area contributed by atoms with Gasteiger partial charge in [-0.1, -0.05) is 11.8 Å². The molecule has 3 saturated heterocycles. The summed E-state index contributed by atoms with van der Waals surface area (Å²) in [4.78, 5) is 14.1. The van der Waals surface area contributed by atoms with Gasteiger partial charge in [-0.15, -0.1) is 0 Å². The quantitative estimate of drug-likeness (QED) is 0.337. The third-order valence-electron chi connectivity index (χ3n) is 8.83. The van der Waals surface area contributed by atoms with Crippen molar-refractivity contribution in [2.75, 3.05) is 25.1 Å². The molecular weight excluding hydrogens is 538 g/mol.